The van der Waals surface area contributed by atoms with E-state index in [2.05, 4.69) is 37.1 Å². The van der Waals surface area contributed by atoms with Gasteiger partial charge in [-0.25, -0.2) is 4.68 Å². The third-order valence-corrected chi connectivity index (χ3v) is 8.75. The maximum absolute atomic E-state index is 13.7. The summed E-state index contributed by atoms with van der Waals surface area (Å²) in [6.45, 7) is 6.58. The van der Waals surface area contributed by atoms with E-state index in [0.29, 0.717) is 17.4 Å². The zero-order valence-electron chi connectivity index (χ0n) is 21.3. The number of benzene rings is 1. The lowest BCUT2D eigenvalue weighted by atomic mass is 9.88. The maximum atomic E-state index is 13.7. The minimum absolute atomic E-state index is 0.0963. The van der Waals surface area contributed by atoms with E-state index in [1.54, 1.807) is 51.1 Å². The summed E-state index contributed by atoms with van der Waals surface area (Å²) in [5.74, 6) is 0.466. The third kappa shape index (κ3) is 5.50. The number of thioether (sulfide) groups is 1. The summed E-state index contributed by atoms with van der Waals surface area (Å²) in [7, 11) is 0. The van der Waals surface area contributed by atoms with Crippen LogP contribution in [0.1, 0.15) is 47.7 Å². The van der Waals surface area contributed by atoms with E-state index in [1.165, 1.54) is 0 Å². The van der Waals surface area contributed by atoms with Crippen molar-refractivity contribution in [2.75, 3.05) is 17.2 Å². The quantitative estimate of drug-likeness (QED) is 0.321. The number of carbonyl (C=O) groups excluding carboxylic acids is 2. The molecule has 0 fully saturated rings. The van der Waals surface area contributed by atoms with Gasteiger partial charge in [0, 0.05) is 39.8 Å². The normalized spacial score (nSPS) is 15.7. The van der Waals surface area contributed by atoms with E-state index in [0.717, 1.165) is 27.4 Å². The van der Waals surface area contributed by atoms with Crippen LogP contribution in [0.15, 0.2) is 66.3 Å². The van der Waals surface area contributed by atoms with Crippen LogP contribution in [0.5, 0.6) is 0 Å². The summed E-state index contributed by atoms with van der Waals surface area (Å²) in [5, 5.41) is 10.5. The highest BCUT2D eigenvalue weighted by Crippen LogP contribution is 2.49. The highest BCUT2D eigenvalue weighted by atomic mass is 35.5. The Kier molecular flexibility index (Phi) is 7.61. The number of nitrogens with zero attached hydrogens (tertiary/aromatic N) is 4. The van der Waals surface area contributed by atoms with Gasteiger partial charge in [0.15, 0.2) is 0 Å². The lowest BCUT2D eigenvalue weighted by Gasteiger charge is -2.24. The van der Waals surface area contributed by atoms with Crippen LogP contribution in [0, 0.1) is 0 Å². The predicted molar refractivity (Wildman–Crippen MR) is 154 cm³/mol. The van der Waals surface area contributed by atoms with Gasteiger partial charge in [-0.15, -0.1) is 23.1 Å². The molecule has 1 aliphatic heterocycles. The van der Waals surface area contributed by atoms with E-state index in [9.17, 15) is 9.59 Å². The van der Waals surface area contributed by atoms with Crippen molar-refractivity contribution in [2.45, 2.75) is 38.0 Å². The van der Waals surface area contributed by atoms with Crippen molar-refractivity contribution in [3.05, 3.63) is 93.0 Å². The SMILES string of the molecule is CC(C)(C)c1nn(-c2cccc(Cl)c2)c2c1C(c1cccs1)SCC(=O)N2CC(=O)NCc1ccncc1. The van der Waals surface area contributed by atoms with Crippen molar-refractivity contribution in [2.24, 2.45) is 0 Å². The van der Waals surface area contributed by atoms with Crippen LogP contribution in [0.2, 0.25) is 5.02 Å². The van der Waals surface area contributed by atoms with E-state index < -0.39 is 0 Å². The number of hydrogen-bond donors (Lipinski definition) is 1. The van der Waals surface area contributed by atoms with Crippen molar-refractivity contribution >= 4 is 52.3 Å². The first-order chi connectivity index (χ1) is 18.2. The minimum atomic E-state index is -0.313. The van der Waals surface area contributed by atoms with Crippen LogP contribution in [-0.2, 0) is 21.5 Å². The molecule has 1 unspecified atom stereocenters. The number of amides is 2. The van der Waals surface area contributed by atoms with Gasteiger partial charge >= 0.3 is 0 Å². The zero-order valence-corrected chi connectivity index (χ0v) is 23.7. The first-order valence-electron chi connectivity index (χ1n) is 12.2. The summed E-state index contributed by atoms with van der Waals surface area (Å²) < 4.78 is 1.78. The molecule has 3 aromatic heterocycles. The fraction of sp³-hybridized carbons (Fsp3) is 0.286. The average Bonchev–Trinajstić information content (AvgIpc) is 3.53. The largest absolute Gasteiger partial charge is 0.350 e. The smallest absolute Gasteiger partial charge is 0.240 e. The Morgan fingerprint density at radius 2 is 1.95 bits per heavy atom. The molecule has 10 heteroatoms. The van der Waals surface area contributed by atoms with E-state index in [-0.39, 0.29) is 34.8 Å². The highest BCUT2D eigenvalue weighted by molar-refractivity contribution is 8.00. The van der Waals surface area contributed by atoms with Crippen LogP contribution in [0.3, 0.4) is 0 Å². The fourth-order valence-electron chi connectivity index (χ4n) is 4.43. The molecule has 38 heavy (non-hydrogen) atoms. The van der Waals surface area contributed by atoms with E-state index in [4.69, 9.17) is 16.7 Å². The molecule has 7 nitrogen and oxygen atoms in total. The molecular formula is C28H28ClN5O2S2. The number of carbonyl (C=O) groups is 2. The first-order valence-corrected chi connectivity index (χ1v) is 14.5. The number of aromatic nitrogens is 3. The number of nitrogens with one attached hydrogen (secondary N) is 1. The Hall–Kier alpha value is -3.14. The van der Waals surface area contributed by atoms with Crippen LogP contribution >= 0.6 is 34.7 Å². The van der Waals surface area contributed by atoms with Gasteiger partial charge in [-0.1, -0.05) is 44.5 Å². The lowest BCUT2D eigenvalue weighted by molar-refractivity contribution is -0.123. The monoisotopic (exact) mass is 565 g/mol. The highest BCUT2D eigenvalue weighted by Gasteiger charge is 2.40. The second-order valence-electron chi connectivity index (χ2n) is 10.0. The molecule has 2 amide bonds. The summed E-state index contributed by atoms with van der Waals surface area (Å²) in [5.41, 5.74) is 3.19. The number of anilines is 1. The van der Waals surface area contributed by atoms with Crippen LogP contribution in [0.25, 0.3) is 5.69 Å². The Bertz CT molecular complexity index is 1450. The van der Waals surface area contributed by atoms with Gasteiger partial charge in [-0.2, -0.15) is 5.10 Å². The van der Waals surface area contributed by atoms with Gasteiger partial charge in [0.1, 0.15) is 12.4 Å². The predicted octanol–water partition coefficient (Wildman–Crippen LogP) is 5.77. The van der Waals surface area contributed by atoms with Gasteiger partial charge in [-0.3, -0.25) is 19.5 Å². The van der Waals surface area contributed by atoms with Gasteiger partial charge in [-0.05, 0) is 47.3 Å². The number of thiophene rings is 1. The Labute approximate surface area is 235 Å². The van der Waals surface area contributed by atoms with Crippen molar-refractivity contribution in [1.29, 1.82) is 0 Å². The summed E-state index contributed by atoms with van der Waals surface area (Å²) >= 11 is 9.61. The number of pyridine rings is 1. The Morgan fingerprint density at radius 1 is 1.16 bits per heavy atom. The van der Waals surface area contributed by atoms with Gasteiger partial charge in [0.2, 0.25) is 11.8 Å². The third-order valence-electron chi connectivity index (χ3n) is 6.19. The Balaban J connectivity index is 1.63. The summed E-state index contributed by atoms with van der Waals surface area (Å²) in [4.78, 5) is 33.6. The van der Waals surface area contributed by atoms with E-state index in [1.807, 2.05) is 41.8 Å². The van der Waals surface area contributed by atoms with Crippen molar-refractivity contribution in [3.63, 3.8) is 0 Å². The summed E-state index contributed by atoms with van der Waals surface area (Å²) in [6.07, 6.45) is 3.37. The molecule has 0 radical (unpaired) electrons. The van der Waals surface area contributed by atoms with Crippen LogP contribution in [0.4, 0.5) is 5.82 Å². The molecule has 196 valence electrons. The molecule has 4 heterocycles. The summed E-state index contributed by atoms with van der Waals surface area (Å²) in [6, 6.07) is 15.2. The van der Waals surface area contributed by atoms with Crippen LogP contribution in [-0.4, -0.2) is 38.9 Å². The minimum Gasteiger partial charge on any atom is -0.350 e. The topological polar surface area (TPSA) is 80.1 Å². The lowest BCUT2D eigenvalue weighted by Crippen LogP contribution is -2.42. The second kappa shape index (κ2) is 10.9. The molecule has 0 bridgehead atoms. The molecule has 1 N–H and O–H groups in total. The molecule has 0 aliphatic carbocycles. The number of fused-ring (bicyclic) bond motifs is 1. The maximum Gasteiger partial charge on any atom is 0.240 e. The van der Waals surface area contributed by atoms with Crippen LogP contribution < -0.4 is 10.2 Å². The van der Waals surface area contributed by atoms with Gasteiger partial charge in [0.25, 0.3) is 0 Å². The molecule has 4 aromatic rings. The first kappa shape index (κ1) is 26.5. The molecule has 0 spiro atoms. The molecule has 1 aromatic carbocycles. The Morgan fingerprint density at radius 3 is 2.63 bits per heavy atom. The standard InChI is InChI=1S/C28H28ClN5O2S2/c1-28(2,3)26-24-25(21-8-5-13-37-21)38-17-23(36)33(16-22(35)31-15-18-9-11-30-12-10-18)27(24)34(32-26)20-7-4-6-19(29)14-20/h4-14,25H,15-17H2,1-3H3,(H,31,35). The molecule has 1 atom stereocenters. The van der Waals surface area contributed by atoms with Gasteiger partial charge in [0.05, 0.1) is 22.4 Å². The van der Waals surface area contributed by atoms with Crippen molar-refractivity contribution in [1.82, 2.24) is 20.1 Å². The zero-order chi connectivity index (χ0) is 26.9. The number of rotatable bonds is 6. The number of hydrogen-bond acceptors (Lipinski definition) is 6. The van der Waals surface area contributed by atoms with E-state index >= 15 is 0 Å². The van der Waals surface area contributed by atoms with Gasteiger partial charge < -0.3 is 5.32 Å². The fourth-order valence-corrected chi connectivity index (χ4v) is 6.79. The molecule has 0 saturated heterocycles. The van der Waals surface area contributed by atoms with Crippen molar-refractivity contribution < 1.29 is 9.59 Å². The molecular weight excluding hydrogens is 538 g/mol. The second-order valence-corrected chi connectivity index (χ2v) is 12.6. The number of halogens is 1. The van der Waals surface area contributed by atoms with Crippen molar-refractivity contribution in [3.8, 4) is 5.69 Å². The average molecular weight is 566 g/mol. The molecule has 1 aliphatic rings. The molecule has 0 saturated carbocycles. The molecule has 5 rings (SSSR count).